The second-order valence-corrected chi connectivity index (χ2v) is 14.7. The van der Waals surface area contributed by atoms with Crippen molar-refractivity contribution in [1.82, 2.24) is 0 Å². The van der Waals surface area contributed by atoms with Gasteiger partial charge in [0.15, 0.2) is 0 Å². The summed E-state index contributed by atoms with van der Waals surface area (Å²) in [7, 11) is 0. The van der Waals surface area contributed by atoms with E-state index in [1.54, 1.807) is 0 Å². The van der Waals surface area contributed by atoms with Crippen LogP contribution in [0.1, 0.15) is 93.9 Å². The Bertz CT molecular complexity index is 913. The molecule has 4 heteroatoms. The van der Waals surface area contributed by atoms with E-state index in [4.69, 9.17) is 4.74 Å². The largest absolute Gasteiger partial charge is 0.393 e. The minimum Gasteiger partial charge on any atom is -0.393 e. The summed E-state index contributed by atoms with van der Waals surface area (Å²) in [5.74, 6) is 0.880. The SMILES string of the molecule is CC1(C)C2=CC[C@@H]3C(C)(CC[C@]4(C)[C@@H]([C@@]5(C)CC[C@@H](C(C)(C)O)O5)[C@H](O)C[C@@]34C)[C@H]2C=CC1O. The summed E-state index contributed by atoms with van der Waals surface area (Å²) >= 11 is 0. The molecular formula is C30H48O4. The fourth-order valence-corrected chi connectivity index (χ4v) is 9.89. The van der Waals surface area contributed by atoms with Gasteiger partial charge in [0, 0.05) is 17.3 Å². The summed E-state index contributed by atoms with van der Waals surface area (Å²) in [6, 6.07) is 0. The smallest absolute Gasteiger partial charge is 0.0865 e. The van der Waals surface area contributed by atoms with E-state index >= 15 is 0 Å². The highest BCUT2D eigenvalue weighted by Gasteiger charge is 2.72. The lowest BCUT2D eigenvalue weighted by Crippen LogP contribution is -2.60. The molecule has 0 radical (unpaired) electrons. The Hall–Kier alpha value is -0.680. The first-order valence-electron chi connectivity index (χ1n) is 13.7. The molecule has 5 aliphatic rings. The van der Waals surface area contributed by atoms with E-state index in [9.17, 15) is 15.3 Å². The Morgan fingerprint density at radius 1 is 0.941 bits per heavy atom. The number of aliphatic hydroxyl groups excluding tert-OH is 2. The molecule has 5 rings (SSSR count). The lowest BCUT2D eigenvalue weighted by atomic mass is 9.39. The first-order chi connectivity index (χ1) is 15.5. The summed E-state index contributed by atoms with van der Waals surface area (Å²) in [4.78, 5) is 0. The second kappa shape index (κ2) is 7.21. The topological polar surface area (TPSA) is 69.9 Å². The molecule has 3 N–H and O–H groups in total. The zero-order valence-electron chi connectivity index (χ0n) is 22.7. The summed E-state index contributed by atoms with van der Waals surface area (Å²) < 4.78 is 6.65. The molecule has 0 amide bonds. The zero-order valence-corrected chi connectivity index (χ0v) is 22.7. The maximum absolute atomic E-state index is 11.7. The van der Waals surface area contributed by atoms with Crippen molar-refractivity contribution in [3.05, 3.63) is 23.8 Å². The van der Waals surface area contributed by atoms with Crippen molar-refractivity contribution in [3.8, 4) is 0 Å². The molecule has 192 valence electrons. The van der Waals surface area contributed by atoms with Crippen molar-refractivity contribution in [2.75, 3.05) is 0 Å². The molecule has 2 saturated carbocycles. The van der Waals surface area contributed by atoms with Crippen LogP contribution in [0.3, 0.4) is 0 Å². The van der Waals surface area contributed by atoms with Crippen LogP contribution in [0, 0.1) is 39.4 Å². The van der Waals surface area contributed by atoms with Crippen molar-refractivity contribution in [1.29, 1.82) is 0 Å². The van der Waals surface area contributed by atoms with Crippen LogP contribution >= 0.6 is 0 Å². The Morgan fingerprint density at radius 3 is 2.24 bits per heavy atom. The van der Waals surface area contributed by atoms with Gasteiger partial charge < -0.3 is 20.1 Å². The number of aliphatic hydroxyl groups is 3. The second-order valence-electron chi connectivity index (χ2n) is 14.7. The molecule has 2 unspecified atom stereocenters. The molecule has 34 heavy (non-hydrogen) atoms. The van der Waals surface area contributed by atoms with Gasteiger partial charge >= 0.3 is 0 Å². The van der Waals surface area contributed by atoms with E-state index < -0.39 is 23.4 Å². The van der Waals surface area contributed by atoms with Gasteiger partial charge in [-0.1, -0.05) is 58.4 Å². The van der Waals surface area contributed by atoms with Gasteiger partial charge in [-0.3, -0.25) is 0 Å². The van der Waals surface area contributed by atoms with Gasteiger partial charge in [0.1, 0.15) is 0 Å². The van der Waals surface area contributed by atoms with Crippen molar-refractivity contribution in [2.45, 2.75) is 123 Å². The number of ether oxygens (including phenoxy) is 1. The minimum atomic E-state index is -0.869. The third-order valence-corrected chi connectivity index (χ3v) is 12.1. The van der Waals surface area contributed by atoms with E-state index in [0.29, 0.717) is 11.8 Å². The molecule has 0 aromatic heterocycles. The van der Waals surface area contributed by atoms with Crippen LogP contribution in [0.5, 0.6) is 0 Å². The van der Waals surface area contributed by atoms with Gasteiger partial charge in [-0.25, -0.2) is 0 Å². The monoisotopic (exact) mass is 472 g/mol. The summed E-state index contributed by atoms with van der Waals surface area (Å²) in [6.45, 7) is 17.6. The van der Waals surface area contributed by atoms with Crippen LogP contribution in [0.15, 0.2) is 23.8 Å². The number of hydrogen-bond acceptors (Lipinski definition) is 4. The molecule has 3 fully saturated rings. The molecule has 0 bridgehead atoms. The van der Waals surface area contributed by atoms with Gasteiger partial charge in [-0.15, -0.1) is 0 Å². The lowest BCUT2D eigenvalue weighted by Gasteiger charge is -2.65. The molecule has 4 aliphatic carbocycles. The molecule has 10 atom stereocenters. The fourth-order valence-electron chi connectivity index (χ4n) is 9.89. The Labute approximate surface area is 206 Å². The molecule has 1 saturated heterocycles. The predicted molar refractivity (Wildman–Crippen MR) is 135 cm³/mol. The zero-order chi connectivity index (χ0) is 25.1. The van der Waals surface area contributed by atoms with E-state index in [-0.39, 0.29) is 33.7 Å². The standard InChI is InChI=1S/C30H48O4/c1-25(2)18-9-11-21-27(5,19(18)10-12-22(25)32)15-16-28(6)24(20(31)17-29(21,28)7)30(8)14-13-23(34-30)26(3,4)33/h9-10,12,19-24,31-33H,11,13-17H2,1-8H3/t19-,20+,21+,22?,23-,24-,27?,28+,29-,30+/m0/s1. The molecule has 0 aromatic rings. The van der Waals surface area contributed by atoms with Crippen LogP contribution in [-0.2, 0) is 4.74 Å². The molecule has 4 nitrogen and oxygen atoms in total. The third kappa shape index (κ3) is 3.04. The highest BCUT2D eigenvalue weighted by atomic mass is 16.5. The highest BCUT2D eigenvalue weighted by Crippen LogP contribution is 2.75. The van der Waals surface area contributed by atoms with Gasteiger partial charge in [0.25, 0.3) is 0 Å². The van der Waals surface area contributed by atoms with Crippen molar-refractivity contribution in [2.24, 2.45) is 39.4 Å². The van der Waals surface area contributed by atoms with Crippen LogP contribution in [0.2, 0.25) is 0 Å². The Balaban J connectivity index is 1.53. The maximum Gasteiger partial charge on any atom is 0.0865 e. The van der Waals surface area contributed by atoms with Crippen LogP contribution in [-0.4, -0.2) is 44.8 Å². The number of rotatable bonds is 2. The molecule has 0 spiro atoms. The van der Waals surface area contributed by atoms with Gasteiger partial charge in [0.2, 0.25) is 0 Å². The average Bonchev–Trinajstić information content (AvgIpc) is 3.20. The molecule has 1 heterocycles. The molecule has 1 aliphatic heterocycles. The average molecular weight is 473 g/mol. The van der Waals surface area contributed by atoms with E-state index in [1.807, 2.05) is 19.9 Å². The first kappa shape index (κ1) is 25.0. The van der Waals surface area contributed by atoms with E-state index in [2.05, 4.69) is 53.7 Å². The van der Waals surface area contributed by atoms with E-state index in [0.717, 1.165) is 38.5 Å². The van der Waals surface area contributed by atoms with Gasteiger partial charge in [-0.05, 0) is 81.5 Å². The minimum absolute atomic E-state index is 0.000646. The number of allylic oxidation sites excluding steroid dienone is 2. The number of fused-ring (bicyclic) bond motifs is 5. The molecular weight excluding hydrogens is 424 g/mol. The Morgan fingerprint density at radius 2 is 1.62 bits per heavy atom. The van der Waals surface area contributed by atoms with Crippen molar-refractivity contribution < 1.29 is 20.1 Å². The fraction of sp³-hybridized carbons (Fsp3) is 0.867. The predicted octanol–water partition coefficient (Wildman–Crippen LogP) is 5.41. The van der Waals surface area contributed by atoms with Crippen LogP contribution in [0.4, 0.5) is 0 Å². The molecule has 0 aromatic carbocycles. The summed E-state index contributed by atoms with van der Waals surface area (Å²) in [5.41, 5.74) is -0.0266. The summed E-state index contributed by atoms with van der Waals surface area (Å²) in [6.07, 6.45) is 11.5. The van der Waals surface area contributed by atoms with Crippen molar-refractivity contribution in [3.63, 3.8) is 0 Å². The van der Waals surface area contributed by atoms with Crippen LogP contribution < -0.4 is 0 Å². The van der Waals surface area contributed by atoms with E-state index in [1.165, 1.54) is 5.57 Å². The Kier molecular flexibility index (Phi) is 5.30. The first-order valence-corrected chi connectivity index (χ1v) is 13.7. The van der Waals surface area contributed by atoms with Gasteiger partial charge in [-0.2, -0.15) is 0 Å². The van der Waals surface area contributed by atoms with Crippen molar-refractivity contribution >= 4 is 0 Å². The normalized spacial score (nSPS) is 54.3. The lowest BCUT2D eigenvalue weighted by molar-refractivity contribution is -0.191. The third-order valence-electron chi connectivity index (χ3n) is 12.1. The van der Waals surface area contributed by atoms with Crippen LogP contribution in [0.25, 0.3) is 0 Å². The number of hydrogen-bond donors (Lipinski definition) is 3. The maximum atomic E-state index is 11.7. The van der Waals surface area contributed by atoms with Gasteiger partial charge in [0.05, 0.1) is 29.5 Å². The highest BCUT2D eigenvalue weighted by molar-refractivity contribution is 5.36. The quantitative estimate of drug-likeness (QED) is 0.470. The summed E-state index contributed by atoms with van der Waals surface area (Å²) in [5, 5.41) is 33.0.